The summed E-state index contributed by atoms with van der Waals surface area (Å²) in [6.07, 6.45) is 7.53. The third-order valence-electron chi connectivity index (χ3n) is 5.98. The predicted octanol–water partition coefficient (Wildman–Crippen LogP) is 7.50. The molecule has 1 N–H and O–H groups in total. The maximum Gasteiger partial charge on any atom is 0.295 e. The molecule has 2 heterocycles. The molecular formula is C25H21F2IN4O. The Kier molecular flexibility index (Phi) is 5.77. The molecule has 4 aromatic rings. The Morgan fingerprint density at radius 2 is 1.97 bits per heavy atom. The van der Waals surface area contributed by atoms with Gasteiger partial charge in [0.25, 0.3) is 5.92 Å². The van der Waals surface area contributed by atoms with Crippen LogP contribution < -0.4 is 8.27 Å². The van der Waals surface area contributed by atoms with Crippen LogP contribution in [0.2, 0.25) is 0 Å². The van der Waals surface area contributed by atoms with E-state index in [0.717, 1.165) is 24.2 Å². The van der Waals surface area contributed by atoms with Crippen molar-refractivity contribution in [2.24, 2.45) is 0 Å². The number of allylic oxidation sites excluding steroid dienone is 1. The Balaban J connectivity index is 1.68. The number of para-hydroxylation sites is 1. The van der Waals surface area contributed by atoms with Gasteiger partial charge >= 0.3 is 0 Å². The van der Waals surface area contributed by atoms with Gasteiger partial charge in [0.15, 0.2) is 5.82 Å². The zero-order chi connectivity index (χ0) is 23.0. The number of nitrogens with one attached hydrogen (secondary N) is 1. The minimum atomic E-state index is -3.28. The summed E-state index contributed by atoms with van der Waals surface area (Å²) < 4.78 is 40.8. The molecule has 0 atom stereocenters. The molecule has 5 rings (SSSR count). The largest absolute Gasteiger partial charge is 0.457 e. The second-order valence-corrected chi connectivity index (χ2v) is 8.53. The van der Waals surface area contributed by atoms with Gasteiger partial charge in [-0.05, 0) is 49.2 Å². The molecule has 5 nitrogen and oxygen atoms in total. The van der Waals surface area contributed by atoms with E-state index in [2.05, 4.69) is 15.1 Å². The van der Waals surface area contributed by atoms with Gasteiger partial charge in [0.1, 0.15) is 28.5 Å². The first-order chi connectivity index (χ1) is 16.0. The Labute approximate surface area is 204 Å². The molecule has 8 heteroatoms. The summed E-state index contributed by atoms with van der Waals surface area (Å²) in [4.78, 5) is 9.34. The highest BCUT2D eigenvalue weighted by atomic mass is 127. The van der Waals surface area contributed by atoms with Gasteiger partial charge in [0, 0.05) is 23.9 Å². The second kappa shape index (κ2) is 8.74. The fourth-order valence-corrected chi connectivity index (χ4v) is 4.43. The highest BCUT2D eigenvalue weighted by molar-refractivity contribution is 14.1. The zero-order valence-electron chi connectivity index (χ0n) is 17.6. The quantitative estimate of drug-likeness (QED) is 0.145. The smallest absolute Gasteiger partial charge is 0.295 e. The number of rotatable bonds is 7. The maximum absolute atomic E-state index is 15.0. The number of halogens is 3. The van der Waals surface area contributed by atoms with Crippen LogP contribution in [0.3, 0.4) is 0 Å². The molecule has 0 saturated heterocycles. The van der Waals surface area contributed by atoms with E-state index in [1.54, 1.807) is 42.6 Å². The summed E-state index contributed by atoms with van der Waals surface area (Å²) in [5.74, 6) is -0.814. The number of aromatic nitrogens is 3. The number of hydrogen-bond donors (Lipinski definition) is 1. The van der Waals surface area contributed by atoms with Gasteiger partial charge in [0.05, 0.1) is 28.4 Å². The molecular weight excluding hydrogens is 537 g/mol. The summed E-state index contributed by atoms with van der Waals surface area (Å²) in [5, 5.41) is 0. The van der Waals surface area contributed by atoms with Crippen LogP contribution >= 0.6 is 22.9 Å². The molecule has 2 aromatic heterocycles. The second-order valence-electron chi connectivity index (χ2n) is 7.99. The van der Waals surface area contributed by atoms with E-state index in [1.807, 2.05) is 39.5 Å². The molecule has 0 bridgehead atoms. The summed E-state index contributed by atoms with van der Waals surface area (Å²) in [5.41, 5.74) is 1.67. The summed E-state index contributed by atoms with van der Waals surface area (Å²) in [6.45, 7) is 3.34. The average Bonchev–Trinajstić information content (AvgIpc) is 3.18. The van der Waals surface area contributed by atoms with Gasteiger partial charge in [-0.3, -0.25) is 4.40 Å². The predicted molar refractivity (Wildman–Crippen MR) is 133 cm³/mol. The molecule has 168 valence electrons. The summed E-state index contributed by atoms with van der Waals surface area (Å²) in [7, 11) is 0. The van der Waals surface area contributed by atoms with Crippen LogP contribution in [0.25, 0.3) is 16.8 Å². The SMILES string of the molecule is C=CC(F)(F)c1cc(-c2nc(C3CCC3)n3ccnc(NI)c23)ccc1Oc1ccccc1. The molecule has 0 unspecified atom stereocenters. The van der Waals surface area contributed by atoms with Gasteiger partial charge in [-0.25, -0.2) is 9.97 Å². The molecule has 0 radical (unpaired) electrons. The molecule has 1 fully saturated rings. The van der Waals surface area contributed by atoms with Gasteiger partial charge in [-0.2, -0.15) is 8.78 Å². The first-order valence-corrected chi connectivity index (χ1v) is 11.7. The normalized spacial score (nSPS) is 14.2. The van der Waals surface area contributed by atoms with Crippen LogP contribution in [-0.4, -0.2) is 14.4 Å². The number of imidazole rings is 1. The minimum absolute atomic E-state index is 0.0722. The standard InChI is InChI=1S/C25H21F2IN4O/c1-2-25(26,27)19-15-17(11-12-20(19)33-18-9-4-3-5-10-18)21-22-23(31-28)29-13-14-32(22)24(30-21)16-7-6-8-16/h2-5,9-16H,1,6-8H2,(H,29,31). The first-order valence-electron chi connectivity index (χ1n) is 10.6. The average molecular weight is 558 g/mol. The molecule has 0 amide bonds. The lowest BCUT2D eigenvalue weighted by atomic mass is 9.85. The van der Waals surface area contributed by atoms with Crippen molar-refractivity contribution in [3.63, 3.8) is 0 Å². The van der Waals surface area contributed by atoms with Crippen molar-refractivity contribution in [1.82, 2.24) is 14.4 Å². The highest BCUT2D eigenvalue weighted by Gasteiger charge is 2.33. The van der Waals surface area contributed by atoms with Crippen LogP contribution in [0.15, 0.2) is 73.6 Å². The topological polar surface area (TPSA) is 51.5 Å². The van der Waals surface area contributed by atoms with Crippen molar-refractivity contribution in [3.05, 3.63) is 85.0 Å². The van der Waals surface area contributed by atoms with Crippen LogP contribution in [0.5, 0.6) is 11.5 Å². The molecule has 1 aliphatic carbocycles. The lowest BCUT2D eigenvalue weighted by Gasteiger charge is -2.23. The van der Waals surface area contributed by atoms with Gasteiger partial charge < -0.3 is 8.27 Å². The van der Waals surface area contributed by atoms with Crippen molar-refractivity contribution in [1.29, 1.82) is 0 Å². The van der Waals surface area contributed by atoms with Gasteiger partial charge in [0.2, 0.25) is 0 Å². The third-order valence-corrected chi connectivity index (χ3v) is 6.49. The van der Waals surface area contributed by atoms with E-state index in [9.17, 15) is 8.78 Å². The number of ether oxygens (including phenoxy) is 1. The van der Waals surface area contributed by atoms with Gasteiger partial charge in [-0.1, -0.05) is 31.2 Å². The number of fused-ring (bicyclic) bond motifs is 1. The van der Waals surface area contributed by atoms with Crippen LogP contribution in [0.1, 0.15) is 36.6 Å². The van der Waals surface area contributed by atoms with Crippen LogP contribution in [0, 0.1) is 0 Å². The summed E-state index contributed by atoms with van der Waals surface area (Å²) in [6, 6.07) is 13.6. The highest BCUT2D eigenvalue weighted by Crippen LogP contribution is 2.43. The Hall–Kier alpha value is -3.01. The molecule has 2 aromatic carbocycles. The monoisotopic (exact) mass is 558 g/mol. The van der Waals surface area contributed by atoms with E-state index < -0.39 is 5.92 Å². The number of alkyl halides is 2. The molecule has 33 heavy (non-hydrogen) atoms. The Morgan fingerprint density at radius 3 is 2.64 bits per heavy atom. The van der Waals surface area contributed by atoms with Crippen molar-refractivity contribution in [3.8, 4) is 22.8 Å². The van der Waals surface area contributed by atoms with E-state index >= 15 is 0 Å². The number of anilines is 1. The number of hydrogen-bond acceptors (Lipinski definition) is 4. The third kappa shape index (κ3) is 3.96. The molecule has 0 spiro atoms. The molecule has 1 saturated carbocycles. The van der Waals surface area contributed by atoms with E-state index in [4.69, 9.17) is 9.72 Å². The van der Waals surface area contributed by atoms with E-state index in [0.29, 0.717) is 34.8 Å². The lowest BCUT2D eigenvalue weighted by Crippen LogP contribution is -2.12. The maximum atomic E-state index is 15.0. The van der Waals surface area contributed by atoms with Crippen molar-refractivity contribution < 1.29 is 13.5 Å². The number of benzene rings is 2. The lowest BCUT2D eigenvalue weighted by molar-refractivity contribution is 0.0503. The molecule has 1 aliphatic rings. The van der Waals surface area contributed by atoms with Crippen molar-refractivity contribution in [2.45, 2.75) is 31.1 Å². The van der Waals surface area contributed by atoms with Crippen LogP contribution in [-0.2, 0) is 5.92 Å². The Bertz CT molecular complexity index is 1320. The van der Waals surface area contributed by atoms with Crippen LogP contribution in [0.4, 0.5) is 14.6 Å². The Morgan fingerprint density at radius 1 is 1.18 bits per heavy atom. The fraction of sp³-hybridized carbons (Fsp3) is 0.200. The van der Waals surface area contributed by atoms with Crippen molar-refractivity contribution >= 4 is 34.2 Å². The van der Waals surface area contributed by atoms with Crippen molar-refractivity contribution in [2.75, 3.05) is 3.53 Å². The van der Waals surface area contributed by atoms with E-state index in [-0.39, 0.29) is 11.3 Å². The fourth-order valence-electron chi connectivity index (χ4n) is 4.04. The first kappa shape index (κ1) is 21.8. The minimum Gasteiger partial charge on any atom is -0.457 e. The molecule has 0 aliphatic heterocycles. The summed E-state index contributed by atoms with van der Waals surface area (Å²) >= 11 is 2.02. The van der Waals surface area contributed by atoms with E-state index in [1.165, 1.54) is 12.5 Å². The number of nitrogens with zero attached hydrogens (tertiary/aromatic N) is 3. The van der Waals surface area contributed by atoms with Gasteiger partial charge in [-0.15, -0.1) is 0 Å². The zero-order valence-corrected chi connectivity index (χ0v) is 19.8.